The van der Waals surface area contributed by atoms with Gasteiger partial charge in [0.15, 0.2) is 0 Å². The molecule has 2 amide bonds. The van der Waals surface area contributed by atoms with Gasteiger partial charge in [-0.25, -0.2) is 0 Å². The third-order valence-electron chi connectivity index (χ3n) is 3.56. The van der Waals surface area contributed by atoms with E-state index in [1.54, 1.807) is 39.4 Å². The summed E-state index contributed by atoms with van der Waals surface area (Å²) in [7, 11) is 5.06. The minimum Gasteiger partial charge on any atom is -0.380 e. The Kier molecular flexibility index (Phi) is 6.09. The van der Waals surface area contributed by atoms with Gasteiger partial charge in [0, 0.05) is 38.9 Å². The Balaban J connectivity index is 1.96. The van der Waals surface area contributed by atoms with Crippen molar-refractivity contribution in [2.24, 2.45) is 0 Å². The Morgan fingerprint density at radius 1 is 1.00 bits per heavy atom. The highest BCUT2D eigenvalue weighted by molar-refractivity contribution is 5.94. The summed E-state index contributed by atoms with van der Waals surface area (Å²) >= 11 is 0. The van der Waals surface area contributed by atoms with Crippen LogP contribution < -0.4 is 5.32 Å². The van der Waals surface area contributed by atoms with Gasteiger partial charge in [0.1, 0.15) is 0 Å². The van der Waals surface area contributed by atoms with Crippen LogP contribution in [0.1, 0.15) is 31.8 Å². The van der Waals surface area contributed by atoms with Gasteiger partial charge >= 0.3 is 0 Å². The second kappa shape index (κ2) is 8.26. The number of methoxy groups -OCH3 is 1. The molecule has 0 spiro atoms. The zero-order chi connectivity index (χ0) is 17.5. The van der Waals surface area contributed by atoms with Gasteiger partial charge in [-0.1, -0.05) is 24.3 Å². The van der Waals surface area contributed by atoms with Crippen LogP contribution in [0, 0.1) is 0 Å². The standard InChI is InChI=1S/C19H22N2O3/c1-21(2)19(23)16-9-7-14(8-10-16)12-20-18(22)17-6-4-5-15(11-17)13-24-3/h4-11H,12-13H2,1-3H3,(H,20,22). The van der Waals surface area contributed by atoms with Crippen molar-refractivity contribution in [3.63, 3.8) is 0 Å². The molecule has 0 aromatic heterocycles. The Morgan fingerprint density at radius 2 is 1.71 bits per heavy atom. The summed E-state index contributed by atoms with van der Waals surface area (Å²) in [5.41, 5.74) is 3.12. The third-order valence-corrected chi connectivity index (χ3v) is 3.56. The molecular weight excluding hydrogens is 304 g/mol. The maximum atomic E-state index is 12.2. The molecule has 0 atom stereocenters. The molecule has 0 aliphatic carbocycles. The average Bonchev–Trinajstić information content (AvgIpc) is 2.60. The lowest BCUT2D eigenvalue weighted by Crippen LogP contribution is -2.23. The van der Waals surface area contributed by atoms with Gasteiger partial charge in [-0.3, -0.25) is 9.59 Å². The van der Waals surface area contributed by atoms with E-state index >= 15 is 0 Å². The fraction of sp³-hybridized carbons (Fsp3) is 0.263. The third kappa shape index (κ3) is 4.67. The molecule has 2 aromatic rings. The SMILES string of the molecule is COCc1cccc(C(=O)NCc2ccc(C(=O)N(C)C)cc2)c1. The molecule has 0 saturated carbocycles. The summed E-state index contributed by atoms with van der Waals surface area (Å²) in [6.07, 6.45) is 0. The molecule has 2 rings (SSSR count). The van der Waals surface area contributed by atoms with E-state index in [-0.39, 0.29) is 11.8 Å². The molecule has 0 saturated heterocycles. The van der Waals surface area contributed by atoms with Crippen LogP contribution in [0.2, 0.25) is 0 Å². The van der Waals surface area contributed by atoms with Crippen LogP contribution in [0.25, 0.3) is 0 Å². The lowest BCUT2D eigenvalue weighted by atomic mass is 10.1. The van der Waals surface area contributed by atoms with Gasteiger partial charge in [-0.05, 0) is 35.4 Å². The van der Waals surface area contributed by atoms with E-state index in [4.69, 9.17) is 4.74 Å². The summed E-state index contributed by atoms with van der Waals surface area (Å²) in [5.74, 6) is -0.179. The van der Waals surface area contributed by atoms with E-state index in [2.05, 4.69) is 5.32 Å². The van der Waals surface area contributed by atoms with Crippen molar-refractivity contribution < 1.29 is 14.3 Å². The van der Waals surface area contributed by atoms with Crippen LogP contribution in [0.5, 0.6) is 0 Å². The molecule has 5 nitrogen and oxygen atoms in total. The molecule has 0 bridgehead atoms. The van der Waals surface area contributed by atoms with E-state index in [1.165, 1.54) is 4.90 Å². The minimum atomic E-state index is -0.138. The largest absolute Gasteiger partial charge is 0.380 e. The van der Waals surface area contributed by atoms with E-state index < -0.39 is 0 Å². The Morgan fingerprint density at radius 3 is 2.33 bits per heavy atom. The molecule has 1 N–H and O–H groups in total. The number of benzene rings is 2. The maximum Gasteiger partial charge on any atom is 0.253 e. The van der Waals surface area contributed by atoms with Gasteiger partial charge in [0.05, 0.1) is 6.61 Å². The molecule has 0 aliphatic heterocycles. The van der Waals surface area contributed by atoms with Gasteiger partial charge in [0.25, 0.3) is 11.8 Å². The van der Waals surface area contributed by atoms with Gasteiger partial charge in [-0.2, -0.15) is 0 Å². The van der Waals surface area contributed by atoms with Crippen molar-refractivity contribution in [1.82, 2.24) is 10.2 Å². The highest BCUT2D eigenvalue weighted by Crippen LogP contribution is 2.09. The molecule has 0 unspecified atom stereocenters. The summed E-state index contributed by atoms with van der Waals surface area (Å²) in [4.78, 5) is 25.6. The maximum absolute atomic E-state index is 12.2. The first-order valence-electron chi connectivity index (χ1n) is 7.68. The van der Waals surface area contributed by atoms with E-state index in [0.717, 1.165) is 11.1 Å². The Hall–Kier alpha value is -2.66. The van der Waals surface area contributed by atoms with Crippen LogP contribution in [0.3, 0.4) is 0 Å². The molecule has 24 heavy (non-hydrogen) atoms. The molecular formula is C19H22N2O3. The molecule has 0 heterocycles. The quantitative estimate of drug-likeness (QED) is 0.887. The van der Waals surface area contributed by atoms with Crippen molar-refractivity contribution in [1.29, 1.82) is 0 Å². The van der Waals surface area contributed by atoms with E-state index in [0.29, 0.717) is 24.3 Å². The number of amides is 2. The second-order valence-electron chi connectivity index (χ2n) is 5.71. The Bertz CT molecular complexity index is 709. The molecule has 5 heteroatoms. The molecule has 0 aliphatic rings. The van der Waals surface area contributed by atoms with Crippen LogP contribution in [-0.4, -0.2) is 37.9 Å². The van der Waals surface area contributed by atoms with Crippen LogP contribution in [0.15, 0.2) is 48.5 Å². The molecule has 0 radical (unpaired) electrons. The highest BCUT2D eigenvalue weighted by atomic mass is 16.5. The first-order chi connectivity index (χ1) is 11.5. The molecule has 126 valence electrons. The van der Waals surface area contributed by atoms with Gasteiger partial charge in [-0.15, -0.1) is 0 Å². The van der Waals surface area contributed by atoms with Crippen LogP contribution >= 0.6 is 0 Å². The number of nitrogens with zero attached hydrogens (tertiary/aromatic N) is 1. The van der Waals surface area contributed by atoms with Gasteiger partial charge in [0.2, 0.25) is 0 Å². The zero-order valence-electron chi connectivity index (χ0n) is 14.2. The van der Waals surface area contributed by atoms with E-state index in [1.807, 2.05) is 30.3 Å². The minimum absolute atomic E-state index is 0.0412. The summed E-state index contributed by atoms with van der Waals surface area (Å²) in [6, 6.07) is 14.6. The van der Waals surface area contributed by atoms with Crippen molar-refractivity contribution >= 4 is 11.8 Å². The monoisotopic (exact) mass is 326 g/mol. The highest BCUT2D eigenvalue weighted by Gasteiger charge is 2.09. The van der Waals surface area contributed by atoms with Crippen molar-refractivity contribution in [3.05, 3.63) is 70.8 Å². The predicted octanol–water partition coefficient (Wildman–Crippen LogP) is 2.46. The lowest BCUT2D eigenvalue weighted by Gasteiger charge is -2.11. The number of hydrogen-bond donors (Lipinski definition) is 1. The van der Waals surface area contributed by atoms with Crippen molar-refractivity contribution in [2.45, 2.75) is 13.2 Å². The summed E-state index contributed by atoms with van der Waals surface area (Å²) in [5, 5.41) is 2.88. The fourth-order valence-corrected chi connectivity index (χ4v) is 2.28. The van der Waals surface area contributed by atoms with E-state index in [9.17, 15) is 9.59 Å². The lowest BCUT2D eigenvalue weighted by molar-refractivity contribution is 0.0827. The first kappa shape index (κ1) is 17.7. The summed E-state index contributed by atoms with van der Waals surface area (Å²) in [6.45, 7) is 0.881. The number of ether oxygens (including phenoxy) is 1. The Labute approximate surface area is 142 Å². The number of carbonyl (C=O) groups is 2. The number of hydrogen-bond acceptors (Lipinski definition) is 3. The van der Waals surface area contributed by atoms with Gasteiger partial charge < -0.3 is 15.0 Å². The molecule has 2 aromatic carbocycles. The van der Waals surface area contributed by atoms with Crippen molar-refractivity contribution in [3.8, 4) is 0 Å². The smallest absolute Gasteiger partial charge is 0.253 e. The van der Waals surface area contributed by atoms with Crippen LogP contribution in [-0.2, 0) is 17.9 Å². The fourth-order valence-electron chi connectivity index (χ4n) is 2.28. The first-order valence-corrected chi connectivity index (χ1v) is 7.68. The predicted molar refractivity (Wildman–Crippen MR) is 92.8 cm³/mol. The van der Waals surface area contributed by atoms with Crippen LogP contribution in [0.4, 0.5) is 0 Å². The number of rotatable bonds is 6. The van der Waals surface area contributed by atoms with Crippen molar-refractivity contribution in [2.75, 3.05) is 21.2 Å². The zero-order valence-corrected chi connectivity index (χ0v) is 14.2. The average molecular weight is 326 g/mol. The topological polar surface area (TPSA) is 58.6 Å². The molecule has 0 fully saturated rings. The second-order valence-corrected chi connectivity index (χ2v) is 5.71. The summed E-state index contributed by atoms with van der Waals surface area (Å²) < 4.78 is 5.08. The normalized spacial score (nSPS) is 10.3. The number of nitrogens with one attached hydrogen (secondary N) is 1. The number of carbonyl (C=O) groups excluding carboxylic acids is 2.